The molecule has 2 aromatic heterocycles. The van der Waals surface area contributed by atoms with E-state index in [9.17, 15) is 32.4 Å². The first kappa shape index (κ1) is 37.7. The van der Waals surface area contributed by atoms with Crippen molar-refractivity contribution in [3.8, 4) is 22.6 Å². The van der Waals surface area contributed by atoms with Gasteiger partial charge in [0, 0.05) is 74.5 Å². The number of carbonyl (C=O) groups is 4. The number of hydrogen-bond donors (Lipinski definition) is 4. The van der Waals surface area contributed by atoms with E-state index in [2.05, 4.69) is 25.7 Å². The van der Waals surface area contributed by atoms with Gasteiger partial charge in [0.15, 0.2) is 0 Å². The molecule has 16 nitrogen and oxygen atoms in total. The molecule has 2 aromatic carbocycles. The summed E-state index contributed by atoms with van der Waals surface area (Å²) in [7, 11) is 1.07. The first-order chi connectivity index (χ1) is 26.4. The van der Waals surface area contributed by atoms with Crippen LogP contribution in [0.5, 0.6) is 11.5 Å². The highest BCUT2D eigenvalue weighted by molar-refractivity contribution is 7.90. The number of anilines is 1. The molecule has 0 radical (unpaired) electrons. The maximum Gasteiger partial charge on any atom is 0.262 e. The van der Waals surface area contributed by atoms with E-state index in [1.807, 2.05) is 12.1 Å². The Bertz CT molecular complexity index is 2370. The summed E-state index contributed by atoms with van der Waals surface area (Å²) < 4.78 is 42.9. The summed E-state index contributed by atoms with van der Waals surface area (Å²) >= 11 is 0. The molecular formula is C38H41N7O9S. The summed E-state index contributed by atoms with van der Waals surface area (Å²) in [6.07, 6.45) is 6.19. The Morgan fingerprint density at radius 1 is 0.945 bits per heavy atom. The molecule has 0 saturated carbocycles. The third kappa shape index (κ3) is 7.29. The summed E-state index contributed by atoms with van der Waals surface area (Å²) in [6.45, 7) is 1.12. The molecule has 2 saturated heterocycles. The summed E-state index contributed by atoms with van der Waals surface area (Å²) in [4.78, 5) is 68.3. The van der Waals surface area contributed by atoms with Crippen molar-refractivity contribution in [2.24, 2.45) is 7.05 Å². The number of piperidine rings is 1. The zero-order chi connectivity index (χ0) is 39.0. The van der Waals surface area contributed by atoms with Crippen molar-refractivity contribution in [3.63, 3.8) is 0 Å². The molecule has 5 heterocycles. The van der Waals surface area contributed by atoms with Gasteiger partial charge in [-0.25, -0.2) is 13.1 Å². The molecular weight excluding hydrogens is 731 g/mol. The van der Waals surface area contributed by atoms with Crippen LogP contribution in [0.3, 0.4) is 0 Å². The highest BCUT2D eigenvalue weighted by Crippen LogP contribution is 2.38. The molecule has 0 bridgehead atoms. The van der Waals surface area contributed by atoms with Crippen molar-refractivity contribution in [1.82, 2.24) is 29.8 Å². The average Bonchev–Trinajstić information content (AvgIpc) is 3.38. The molecule has 2 fully saturated rings. The Hall–Kier alpha value is -5.65. The number of amides is 4. The molecule has 288 valence electrons. The lowest BCUT2D eigenvalue weighted by Crippen LogP contribution is -2.56. The molecule has 7 rings (SSSR count). The quantitative estimate of drug-likeness (QED) is 0.107. The second kappa shape index (κ2) is 15.2. The minimum absolute atomic E-state index is 0.0303. The van der Waals surface area contributed by atoms with Crippen molar-refractivity contribution >= 4 is 50.1 Å². The first-order valence-electron chi connectivity index (χ1n) is 17.9. The number of carbonyl (C=O) groups excluding carboxylic acids is 4. The van der Waals surface area contributed by atoms with Crippen LogP contribution in [-0.4, -0.2) is 97.7 Å². The normalized spacial score (nSPS) is 17.9. The zero-order valence-electron chi connectivity index (χ0n) is 30.5. The van der Waals surface area contributed by atoms with Crippen LogP contribution in [0.1, 0.15) is 52.0 Å². The Balaban J connectivity index is 1.09. The second-order valence-electron chi connectivity index (χ2n) is 13.9. The van der Waals surface area contributed by atoms with Gasteiger partial charge in [-0.05, 0) is 73.0 Å². The highest BCUT2D eigenvalue weighted by Gasteiger charge is 2.44. The van der Waals surface area contributed by atoms with E-state index in [0.29, 0.717) is 66.0 Å². The van der Waals surface area contributed by atoms with Crippen LogP contribution < -0.4 is 35.7 Å². The van der Waals surface area contributed by atoms with Gasteiger partial charge in [-0.15, -0.1) is 0 Å². The molecule has 3 aliphatic rings. The maximum atomic E-state index is 13.4. The second-order valence-corrected chi connectivity index (χ2v) is 15.9. The molecule has 4 aromatic rings. The Kier molecular flexibility index (Phi) is 10.4. The number of aryl methyl sites for hydroxylation is 1. The van der Waals surface area contributed by atoms with Gasteiger partial charge < -0.3 is 24.7 Å². The number of rotatable bonds is 14. The lowest BCUT2D eigenvalue weighted by atomic mass is 9.95. The number of fused-ring (bicyclic) bond motifs is 2. The van der Waals surface area contributed by atoms with Gasteiger partial charge >= 0.3 is 0 Å². The number of benzene rings is 2. The molecule has 0 spiro atoms. The van der Waals surface area contributed by atoms with E-state index in [4.69, 9.17) is 9.47 Å². The Labute approximate surface area is 316 Å². The van der Waals surface area contributed by atoms with E-state index in [-0.39, 0.29) is 35.9 Å². The van der Waals surface area contributed by atoms with Gasteiger partial charge in [0.2, 0.25) is 21.8 Å². The summed E-state index contributed by atoms with van der Waals surface area (Å²) in [5.74, 6) is -1.33. The molecule has 17 heteroatoms. The van der Waals surface area contributed by atoms with Crippen LogP contribution in [0.4, 0.5) is 5.69 Å². The third-order valence-corrected chi connectivity index (χ3v) is 12.2. The number of ether oxygens (including phenoxy) is 2. The van der Waals surface area contributed by atoms with Crippen LogP contribution in [-0.2, 0) is 33.1 Å². The lowest BCUT2D eigenvalue weighted by Gasteiger charge is -2.30. The molecule has 2 atom stereocenters. The Morgan fingerprint density at radius 3 is 2.35 bits per heavy atom. The molecule has 4 N–H and O–H groups in total. The fourth-order valence-electron chi connectivity index (χ4n) is 7.30. The summed E-state index contributed by atoms with van der Waals surface area (Å²) in [5, 5.41) is 9.10. The van der Waals surface area contributed by atoms with E-state index in [1.165, 1.54) is 31.0 Å². The number of sulfonamides is 1. The lowest BCUT2D eigenvalue weighted by molar-refractivity contribution is -0.136. The van der Waals surface area contributed by atoms with Crippen LogP contribution >= 0.6 is 0 Å². The first-order valence-corrected chi connectivity index (χ1v) is 19.4. The smallest absolute Gasteiger partial charge is 0.262 e. The molecule has 55 heavy (non-hydrogen) atoms. The van der Waals surface area contributed by atoms with E-state index < -0.39 is 51.0 Å². The minimum Gasteiger partial charge on any atom is -0.496 e. The third-order valence-electron chi connectivity index (χ3n) is 10.4. The predicted molar refractivity (Wildman–Crippen MR) is 203 cm³/mol. The molecule has 4 amide bonds. The van der Waals surface area contributed by atoms with E-state index >= 15 is 0 Å². The fraction of sp³-hybridized carbons (Fsp3) is 0.368. The standard InChI is InChI=1S/C38H41N7O9S/c1-44-20-30(25-10-12-39-19-29(25)36(44)48)21-13-32(53-2)28(33(14-21)54-3)16-23(43-55(51,52)24-17-40-18-24)5-4-11-41-22-6-7-26-27(15-22)38(50)45(37(26)49)31-8-9-34(46)42-35(31)47/h6-7,10,12-15,19-20,23-24,31,40-41,43H,4-5,8-9,11,16-18H2,1-3H3,(H,42,46,47). The van der Waals surface area contributed by atoms with Crippen molar-refractivity contribution in [2.75, 3.05) is 39.2 Å². The maximum absolute atomic E-state index is 13.4. The highest BCUT2D eigenvalue weighted by atomic mass is 32.2. The Morgan fingerprint density at radius 2 is 1.67 bits per heavy atom. The van der Waals surface area contributed by atoms with Crippen LogP contribution in [0.2, 0.25) is 0 Å². The number of methoxy groups -OCH3 is 2. The number of aromatic nitrogens is 2. The van der Waals surface area contributed by atoms with Crippen molar-refractivity contribution < 1.29 is 37.1 Å². The van der Waals surface area contributed by atoms with E-state index in [1.54, 1.807) is 37.6 Å². The van der Waals surface area contributed by atoms with E-state index in [0.717, 1.165) is 16.0 Å². The van der Waals surface area contributed by atoms with Crippen molar-refractivity contribution in [1.29, 1.82) is 0 Å². The summed E-state index contributed by atoms with van der Waals surface area (Å²) in [5.41, 5.74) is 2.90. The number of hydrogen-bond acceptors (Lipinski definition) is 12. The predicted octanol–water partition coefficient (Wildman–Crippen LogP) is 1.71. The topological polar surface area (TPSA) is 207 Å². The summed E-state index contributed by atoms with van der Waals surface area (Å²) in [6, 6.07) is 8.64. The largest absolute Gasteiger partial charge is 0.496 e. The monoisotopic (exact) mass is 771 g/mol. The van der Waals surface area contributed by atoms with Crippen LogP contribution in [0, 0.1) is 0 Å². The van der Waals surface area contributed by atoms with Crippen LogP contribution in [0.25, 0.3) is 21.9 Å². The van der Waals surface area contributed by atoms with Crippen LogP contribution in [0.15, 0.2) is 59.8 Å². The average molecular weight is 772 g/mol. The number of imide groups is 2. The fourth-order valence-corrected chi connectivity index (χ4v) is 8.84. The van der Waals surface area contributed by atoms with Crippen molar-refractivity contribution in [2.45, 2.75) is 49.4 Å². The SMILES string of the molecule is COc1cc(-c2cn(C)c(=O)c3cnccc23)cc(OC)c1CC(CCCNc1ccc2c(c1)C(=O)N(C1CCC(=O)NC1=O)C2=O)NS(=O)(=O)C1CNC1. The molecule has 2 unspecified atom stereocenters. The minimum atomic E-state index is -3.67. The number of pyridine rings is 2. The van der Waals surface area contributed by atoms with Gasteiger partial charge in [0.1, 0.15) is 22.8 Å². The number of nitrogens with zero attached hydrogens (tertiary/aromatic N) is 3. The van der Waals surface area contributed by atoms with Gasteiger partial charge in [-0.2, -0.15) is 0 Å². The molecule has 0 aliphatic carbocycles. The zero-order valence-corrected chi connectivity index (χ0v) is 31.3. The van der Waals surface area contributed by atoms with Crippen molar-refractivity contribution in [3.05, 3.63) is 82.0 Å². The van der Waals surface area contributed by atoms with Gasteiger partial charge in [0.25, 0.3) is 17.4 Å². The molecule has 3 aliphatic heterocycles. The van der Waals surface area contributed by atoms with Gasteiger partial charge in [-0.3, -0.25) is 39.2 Å². The van der Waals surface area contributed by atoms with Gasteiger partial charge in [0.05, 0.1) is 30.7 Å². The van der Waals surface area contributed by atoms with Gasteiger partial charge in [-0.1, -0.05) is 0 Å². The number of nitrogens with one attached hydrogen (secondary N) is 4.